The van der Waals surface area contributed by atoms with Crippen molar-refractivity contribution in [3.8, 4) is 11.4 Å². The monoisotopic (exact) mass is 217 g/mol. The molecule has 1 N–H and O–H groups in total. The summed E-state index contributed by atoms with van der Waals surface area (Å²) in [5.74, 6) is 0.496. The second-order valence-corrected chi connectivity index (χ2v) is 3.23. The van der Waals surface area contributed by atoms with E-state index in [2.05, 4.69) is 15.0 Å². The highest BCUT2D eigenvalue weighted by atomic mass is 16.5. The van der Waals surface area contributed by atoms with Crippen LogP contribution in [0.1, 0.15) is 5.82 Å². The lowest BCUT2D eigenvalue weighted by Gasteiger charge is -2.02. The van der Waals surface area contributed by atoms with Gasteiger partial charge < -0.3 is 9.72 Å². The van der Waals surface area contributed by atoms with Crippen LogP contribution in [-0.2, 0) is 11.3 Å². The van der Waals surface area contributed by atoms with E-state index in [1.165, 1.54) is 6.07 Å². The van der Waals surface area contributed by atoms with E-state index in [4.69, 9.17) is 4.74 Å². The Morgan fingerprint density at radius 1 is 1.38 bits per heavy atom. The van der Waals surface area contributed by atoms with Crippen LogP contribution in [-0.4, -0.2) is 22.1 Å². The number of nitrogens with one attached hydrogen (secondary N) is 1. The summed E-state index contributed by atoms with van der Waals surface area (Å²) in [5.41, 5.74) is 1.02. The summed E-state index contributed by atoms with van der Waals surface area (Å²) in [6.07, 6.45) is 1.66. The molecule has 5 heteroatoms. The minimum atomic E-state index is -0.206. The first-order valence-electron chi connectivity index (χ1n) is 4.80. The van der Waals surface area contributed by atoms with Crippen molar-refractivity contribution >= 4 is 0 Å². The number of H-pyrrole nitrogens is 1. The molecular formula is C11H11N3O2. The SMILES string of the molecule is COCc1nc(-c2ccccn2)cc(=O)[nH]1. The fourth-order valence-corrected chi connectivity index (χ4v) is 1.36. The van der Waals surface area contributed by atoms with Gasteiger partial charge in [-0.25, -0.2) is 4.98 Å². The summed E-state index contributed by atoms with van der Waals surface area (Å²) in [5, 5.41) is 0. The molecule has 0 unspecified atom stereocenters. The Morgan fingerprint density at radius 2 is 2.25 bits per heavy atom. The van der Waals surface area contributed by atoms with Gasteiger partial charge in [0.2, 0.25) is 0 Å². The largest absolute Gasteiger partial charge is 0.377 e. The molecule has 0 aromatic carbocycles. The van der Waals surface area contributed by atoms with E-state index in [9.17, 15) is 4.79 Å². The fourth-order valence-electron chi connectivity index (χ4n) is 1.36. The molecule has 0 aliphatic rings. The first-order chi connectivity index (χ1) is 7.79. The van der Waals surface area contributed by atoms with Crippen LogP contribution < -0.4 is 5.56 Å². The van der Waals surface area contributed by atoms with E-state index in [0.29, 0.717) is 17.2 Å². The normalized spacial score (nSPS) is 10.3. The van der Waals surface area contributed by atoms with Crippen LogP contribution in [0.5, 0.6) is 0 Å². The van der Waals surface area contributed by atoms with Crippen LogP contribution in [0.25, 0.3) is 11.4 Å². The molecule has 0 aliphatic heterocycles. The highest BCUT2D eigenvalue weighted by Gasteiger charge is 2.04. The molecule has 2 heterocycles. The Bertz CT molecular complexity index is 522. The number of rotatable bonds is 3. The van der Waals surface area contributed by atoms with Gasteiger partial charge in [0.25, 0.3) is 5.56 Å². The van der Waals surface area contributed by atoms with Crippen LogP contribution in [0.2, 0.25) is 0 Å². The smallest absolute Gasteiger partial charge is 0.251 e. The van der Waals surface area contributed by atoms with Crippen molar-refractivity contribution in [3.05, 3.63) is 46.6 Å². The molecule has 5 nitrogen and oxygen atoms in total. The zero-order chi connectivity index (χ0) is 11.4. The number of hydrogen-bond donors (Lipinski definition) is 1. The molecule has 2 aromatic heterocycles. The van der Waals surface area contributed by atoms with E-state index in [-0.39, 0.29) is 12.2 Å². The molecule has 0 saturated heterocycles. The van der Waals surface area contributed by atoms with Gasteiger partial charge in [-0.2, -0.15) is 0 Å². The summed E-state index contributed by atoms with van der Waals surface area (Å²) < 4.78 is 4.92. The Labute approximate surface area is 92.2 Å². The van der Waals surface area contributed by atoms with Gasteiger partial charge in [0.1, 0.15) is 12.4 Å². The number of methoxy groups -OCH3 is 1. The third-order valence-corrected chi connectivity index (χ3v) is 2.00. The highest BCUT2D eigenvalue weighted by molar-refractivity contribution is 5.52. The minimum Gasteiger partial charge on any atom is -0.377 e. The van der Waals surface area contributed by atoms with Crippen molar-refractivity contribution in [2.24, 2.45) is 0 Å². The van der Waals surface area contributed by atoms with Crippen LogP contribution >= 0.6 is 0 Å². The second kappa shape index (κ2) is 4.67. The summed E-state index contributed by atoms with van der Waals surface area (Å²) >= 11 is 0. The zero-order valence-electron chi connectivity index (χ0n) is 8.80. The second-order valence-electron chi connectivity index (χ2n) is 3.23. The molecule has 0 spiro atoms. The Morgan fingerprint density at radius 3 is 2.94 bits per heavy atom. The van der Waals surface area contributed by atoms with Crippen LogP contribution in [0.3, 0.4) is 0 Å². The predicted molar refractivity (Wildman–Crippen MR) is 58.8 cm³/mol. The van der Waals surface area contributed by atoms with Crippen LogP contribution in [0, 0.1) is 0 Å². The summed E-state index contributed by atoms with van der Waals surface area (Å²) in [6, 6.07) is 6.88. The molecule has 82 valence electrons. The predicted octanol–water partition coefficient (Wildman–Crippen LogP) is 0.978. The average molecular weight is 217 g/mol. The van der Waals surface area contributed by atoms with Gasteiger partial charge >= 0.3 is 0 Å². The van der Waals surface area contributed by atoms with Crippen molar-refractivity contribution in [1.29, 1.82) is 0 Å². The fraction of sp³-hybridized carbons (Fsp3) is 0.182. The lowest BCUT2D eigenvalue weighted by Crippen LogP contribution is -2.11. The topological polar surface area (TPSA) is 67.9 Å². The lowest BCUT2D eigenvalue weighted by atomic mass is 10.2. The summed E-state index contributed by atoms with van der Waals surface area (Å²) in [6.45, 7) is 0.274. The summed E-state index contributed by atoms with van der Waals surface area (Å²) in [7, 11) is 1.55. The molecule has 2 aromatic rings. The number of hydrogen-bond acceptors (Lipinski definition) is 4. The van der Waals surface area contributed by atoms with Crippen molar-refractivity contribution in [3.63, 3.8) is 0 Å². The van der Waals surface area contributed by atoms with E-state index >= 15 is 0 Å². The lowest BCUT2D eigenvalue weighted by molar-refractivity contribution is 0.177. The van der Waals surface area contributed by atoms with E-state index in [1.807, 2.05) is 12.1 Å². The number of pyridine rings is 1. The molecule has 2 rings (SSSR count). The standard InChI is InChI=1S/C11H11N3O2/c1-16-7-10-13-9(6-11(15)14-10)8-4-2-3-5-12-8/h2-6H,7H2,1H3,(H,13,14,15). The molecule has 0 bridgehead atoms. The Hall–Kier alpha value is -2.01. The van der Waals surface area contributed by atoms with E-state index in [1.54, 1.807) is 19.4 Å². The minimum absolute atomic E-state index is 0.206. The average Bonchev–Trinajstić information content (AvgIpc) is 2.30. The summed E-state index contributed by atoms with van der Waals surface area (Å²) in [4.78, 5) is 22.4. The highest BCUT2D eigenvalue weighted by Crippen LogP contribution is 2.10. The maximum atomic E-state index is 11.4. The quantitative estimate of drug-likeness (QED) is 0.832. The van der Waals surface area contributed by atoms with Crippen molar-refractivity contribution in [2.45, 2.75) is 6.61 Å². The van der Waals surface area contributed by atoms with E-state index < -0.39 is 0 Å². The maximum Gasteiger partial charge on any atom is 0.251 e. The van der Waals surface area contributed by atoms with Crippen LogP contribution in [0.15, 0.2) is 35.3 Å². The zero-order valence-corrected chi connectivity index (χ0v) is 8.80. The third kappa shape index (κ3) is 2.32. The van der Waals surface area contributed by atoms with Gasteiger partial charge in [0.15, 0.2) is 0 Å². The van der Waals surface area contributed by atoms with Crippen molar-refractivity contribution in [2.75, 3.05) is 7.11 Å². The molecule has 16 heavy (non-hydrogen) atoms. The molecule has 0 fully saturated rings. The molecule has 0 amide bonds. The molecule has 0 saturated carbocycles. The Balaban J connectivity index is 2.45. The Kier molecular flexibility index (Phi) is 3.07. The maximum absolute atomic E-state index is 11.4. The third-order valence-electron chi connectivity index (χ3n) is 2.00. The van der Waals surface area contributed by atoms with Gasteiger partial charge in [0, 0.05) is 19.4 Å². The van der Waals surface area contributed by atoms with Crippen LogP contribution in [0.4, 0.5) is 0 Å². The number of aromatic nitrogens is 3. The van der Waals surface area contributed by atoms with E-state index in [0.717, 1.165) is 0 Å². The first-order valence-corrected chi connectivity index (χ1v) is 4.80. The van der Waals surface area contributed by atoms with Gasteiger partial charge in [-0.05, 0) is 12.1 Å². The molecular weight excluding hydrogens is 206 g/mol. The van der Waals surface area contributed by atoms with Crippen molar-refractivity contribution < 1.29 is 4.74 Å². The van der Waals surface area contributed by atoms with Gasteiger partial charge in [-0.1, -0.05) is 6.07 Å². The number of aromatic amines is 1. The number of ether oxygens (including phenoxy) is 1. The molecule has 0 atom stereocenters. The number of nitrogens with zero attached hydrogens (tertiary/aromatic N) is 2. The van der Waals surface area contributed by atoms with Crippen molar-refractivity contribution in [1.82, 2.24) is 15.0 Å². The van der Waals surface area contributed by atoms with Gasteiger partial charge in [0.05, 0.1) is 11.4 Å². The van der Waals surface area contributed by atoms with Gasteiger partial charge in [-0.3, -0.25) is 9.78 Å². The molecule has 0 radical (unpaired) electrons. The van der Waals surface area contributed by atoms with Gasteiger partial charge in [-0.15, -0.1) is 0 Å². The first kappa shape index (κ1) is 10.5. The molecule has 0 aliphatic carbocycles.